The topological polar surface area (TPSA) is 95.1 Å². The lowest BCUT2D eigenvalue weighted by Crippen LogP contribution is -2.26. The van der Waals surface area contributed by atoms with Gasteiger partial charge in [-0.25, -0.2) is 0 Å². The number of hydrogen-bond donors (Lipinski definition) is 1. The molecular formula is C21H19N3O3. The van der Waals surface area contributed by atoms with Crippen molar-refractivity contribution in [1.29, 1.82) is 10.5 Å². The molecule has 0 saturated carbocycles. The molecule has 0 saturated heterocycles. The summed E-state index contributed by atoms with van der Waals surface area (Å²) in [6.45, 7) is 0.367. The van der Waals surface area contributed by atoms with Crippen LogP contribution >= 0.6 is 0 Å². The molecule has 6 heteroatoms. The monoisotopic (exact) mass is 361 g/mol. The summed E-state index contributed by atoms with van der Waals surface area (Å²) in [5, 5.41) is 20.9. The van der Waals surface area contributed by atoms with Crippen LogP contribution < -0.4 is 14.8 Å². The van der Waals surface area contributed by atoms with Gasteiger partial charge in [-0.05, 0) is 47.9 Å². The molecule has 0 bridgehead atoms. The van der Waals surface area contributed by atoms with E-state index in [4.69, 9.17) is 14.7 Å². The lowest BCUT2D eigenvalue weighted by atomic mass is 10.1. The van der Waals surface area contributed by atoms with Gasteiger partial charge in [-0.2, -0.15) is 10.5 Å². The van der Waals surface area contributed by atoms with E-state index in [9.17, 15) is 10.1 Å². The molecule has 0 aliphatic heterocycles. The summed E-state index contributed by atoms with van der Waals surface area (Å²) in [5.41, 5.74) is 2.05. The number of carbonyl (C=O) groups excluding carboxylic acids is 1. The Morgan fingerprint density at radius 1 is 1.11 bits per heavy atom. The zero-order valence-electron chi connectivity index (χ0n) is 15.2. The maximum absolute atomic E-state index is 12.2. The third-order valence-electron chi connectivity index (χ3n) is 3.84. The number of nitriles is 2. The number of nitrogens with one attached hydrogen (secondary N) is 1. The van der Waals surface area contributed by atoms with Crippen molar-refractivity contribution in [2.75, 3.05) is 20.8 Å². The molecular weight excluding hydrogens is 342 g/mol. The van der Waals surface area contributed by atoms with Crippen LogP contribution in [0.25, 0.3) is 6.08 Å². The minimum absolute atomic E-state index is 0.0163. The number of hydrogen-bond acceptors (Lipinski definition) is 5. The molecule has 2 rings (SSSR count). The van der Waals surface area contributed by atoms with Crippen molar-refractivity contribution in [1.82, 2.24) is 5.32 Å². The van der Waals surface area contributed by atoms with Crippen LogP contribution in [0, 0.1) is 22.7 Å². The van der Waals surface area contributed by atoms with Gasteiger partial charge in [0.1, 0.15) is 11.6 Å². The van der Waals surface area contributed by atoms with Gasteiger partial charge in [0.2, 0.25) is 0 Å². The predicted octanol–water partition coefficient (Wildman–Crippen LogP) is 2.84. The van der Waals surface area contributed by atoms with E-state index in [1.807, 2.05) is 24.3 Å². The fraction of sp³-hybridized carbons (Fsp3) is 0.190. The number of methoxy groups -OCH3 is 2. The van der Waals surface area contributed by atoms with Crippen LogP contribution in [0.1, 0.15) is 16.7 Å². The van der Waals surface area contributed by atoms with E-state index in [0.29, 0.717) is 35.6 Å². The predicted molar refractivity (Wildman–Crippen MR) is 101 cm³/mol. The smallest absolute Gasteiger partial charge is 0.261 e. The molecule has 0 aliphatic carbocycles. The molecule has 0 radical (unpaired) electrons. The van der Waals surface area contributed by atoms with Gasteiger partial charge >= 0.3 is 0 Å². The zero-order chi connectivity index (χ0) is 19.6. The molecule has 0 spiro atoms. The fourth-order valence-corrected chi connectivity index (χ4v) is 2.46. The Morgan fingerprint density at radius 2 is 1.89 bits per heavy atom. The van der Waals surface area contributed by atoms with Crippen LogP contribution in [0.15, 0.2) is 48.0 Å². The first-order valence-electron chi connectivity index (χ1n) is 8.22. The Labute approximate surface area is 158 Å². The lowest BCUT2D eigenvalue weighted by molar-refractivity contribution is -0.117. The molecule has 2 aromatic carbocycles. The standard InChI is InChI=1S/C21H19N3O3/c1-26-19-7-6-15(12-20(19)27-2)8-9-24-21(25)18(14-23)11-16-4-3-5-17(10-16)13-22/h3-7,10-12H,8-9H2,1-2H3,(H,24,25)/b18-11+. The molecule has 0 heterocycles. The highest BCUT2D eigenvalue weighted by atomic mass is 16.5. The van der Waals surface area contributed by atoms with Crippen LogP contribution in [-0.4, -0.2) is 26.7 Å². The first kappa shape index (κ1) is 19.6. The Bertz CT molecular complexity index is 936. The molecule has 1 amide bonds. The van der Waals surface area contributed by atoms with Gasteiger partial charge in [0, 0.05) is 6.54 Å². The van der Waals surface area contributed by atoms with Crippen molar-refractivity contribution in [3.63, 3.8) is 0 Å². The van der Waals surface area contributed by atoms with Gasteiger partial charge in [0.05, 0.1) is 25.9 Å². The Balaban J connectivity index is 2.00. The lowest BCUT2D eigenvalue weighted by Gasteiger charge is -2.10. The molecule has 0 atom stereocenters. The first-order chi connectivity index (χ1) is 13.1. The average Bonchev–Trinajstić information content (AvgIpc) is 2.71. The summed E-state index contributed by atoms with van der Waals surface area (Å²) in [5.74, 6) is 0.802. The minimum Gasteiger partial charge on any atom is -0.493 e. The zero-order valence-corrected chi connectivity index (χ0v) is 15.2. The molecule has 0 aliphatic rings. The maximum Gasteiger partial charge on any atom is 0.261 e. The Morgan fingerprint density at radius 3 is 2.56 bits per heavy atom. The van der Waals surface area contributed by atoms with Crippen LogP contribution in [0.2, 0.25) is 0 Å². The fourth-order valence-electron chi connectivity index (χ4n) is 2.46. The summed E-state index contributed by atoms with van der Waals surface area (Å²) in [6.07, 6.45) is 2.04. The molecule has 136 valence electrons. The van der Waals surface area contributed by atoms with Crippen LogP contribution in [0.4, 0.5) is 0 Å². The second-order valence-corrected chi connectivity index (χ2v) is 5.60. The SMILES string of the molecule is COc1ccc(CCNC(=O)/C(C#N)=C/c2cccc(C#N)c2)cc1OC. The van der Waals surface area contributed by atoms with E-state index < -0.39 is 5.91 Å². The highest BCUT2D eigenvalue weighted by Crippen LogP contribution is 2.27. The third kappa shape index (κ3) is 5.35. The van der Waals surface area contributed by atoms with Gasteiger partial charge in [-0.3, -0.25) is 4.79 Å². The molecule has 0 fully saturated rings. The summed E-state index contributed by atoms with van der Waals surface area (Å²) in [7, 11) is 3.13. The van der Waals surface area contributed by atoms with Crippen molar-refractivity contribution in [2.24, 2.45) is 0 Å². The number of benzene rings is 2. The van der Waals surface area contributed by atoms with Gasteiger partial charge in [0.25, 0.3) is 5.91 Å². The quantitative estimate of drug-likeness (QED) is 0.604. The average molecular weight is 361 g/mol. The van der Waals surface area contributed by atoms with Crippen molar-refractivity contribution in [3.05, 3.63) is 64.7 Å². The second-order valence-electron chi connectivity index (χ2n) is 5.60. The molecule has 1 N–H and O–H groups in total. The van der Waals surface area contributed by atoms with Gasteiger partial charge in [0.15, 0.2) is 11.5 Å². The van der Waals surface area contributed by atoms with Gasteiger partial charge < -0.3 is 14.8 Å². The molecule has 2 aromatic rings. The van der Waals surface area contributed by atoms with E-state index in [2.05, 4.69) is 5.32 Å². The van der Waals surface area contributed by atoms with Crippen molar-refractivity contribution in [3.8, 4) is 23.6 Å². The molecule has 0 aromatic heterocycles. The Kier molecular flexibility index (Phi) is 6.99. The van der Waals surface area contributed by atoms with E-state index in [1.165, 1.54) is 6.08 Å². The summed E-state index contributed by atoms with van der Waals surface area (Å²) in [4.78, 5) is 12.2. The minimum atomic E-state index is -0.458. The van der Waals surface area contributed by atoms with E-state index in [-0.39, 0.29) is 5.57 Å². The first-order valence-corrected chi connectivity index (χ1v) is 8.22. The summed E-state index contributed by atoms with van der Waals surface area (Å²) >= 11 is 0. The van der Waals surface area contributed by atoms with E-state index in [1.54, 1.807) is 44.6 Å². The van der Waals surface area contributed by atoms with Gasteiger partial charge in [-0.1, -0.05) is 18.2 Å². The number of rotatable bonds is 7. The number of carbonyl (C=O) groups is 1. The van der Waals surface area contributed by atoms with Crippen molar-refractivity contribution in [2.45, 2.75) is 6.42 Å². The highest BCUT2D eigenvalue weighted by molar-refractivity contribution is 6.01. The maximum atomic E-state index is 12.2. The number of amides is 1. The van der Waals surface area contributed by atoms with E-state index >= 15 is 0 Å². The van der Waals surface area contributed by atoms with Crippen LogP contribution in [0.5, 0.6) is 11.5 Å². The summed E-state index contributed by atoms with van der Waals surface area (Å²) in [6, 6.07) is 16.2. The highest BCUT2D eigenvalue weighted by Gasteiger charge is 2.09. The second kappa shape index (κ2) is 9.65. The van der Waals surface area contributed by atoms with Gasteiger partial charge in [-0.15, -0.1) is 0 Å². The normalized spacial score (nSPS) is 10.4. The largest absolute Gasteiger partial charge is 0.493 e. The number of nitrogens with zero attached hydrogens (tertiary/aromatic N) is 2. The Hall–Kier alpha value is -3.77. The van der Waals surface area contributed by atoms with Crippen LogP contribution in [0.3, 0.4) is 0 Å². The van der Waals surface area contributed by atoms with Crippen molar-refractivity contribution >= 4 is 12.0 Å². The summed E-state index contributed by atoms with van der Waals surface area (Å²) < 4.78 is 10.5. The third-order valence-corrected chi connectivity index (χ3v) is 3.84. The molecule has 0 unspecified atom stereocenters. The van der Waals surface area contributed by atoms with E-state index in [0.717, 1.165) is 5.56 Å². The molecule has 6 nitrogen and oxygen atoms in total. The molecule has 27 heavy (non-hydrogen) atoms. The van der Waals surface area contributed by atoms with Crippen LogP contribution in [-0.2, 0) is 11.2 Å². The number of ether oxygens (including phenoxy) is 2. The van der Waals surface area contributed by atoms with Crippen molar-refractivity contribution < 1.29 is 14.3 Å².